The molecule has 0 radical (unpaired) electrons. The molecule has 18 heavy (non-hydrogen) atoms. The molecule has 0 spiro atoms. The molecule has 0 aromatic heterocycles. The minimum atomic E-state index is 0.364. The Morgan fingerprint density at radius 3 is 2.78 bits per heavy atom. The molecule has 1 N–H and O–H groups in total. The first-order chi connectivity index (χ1) is 8.78. The van der Waals surface area contributed by atoms with E-state index in [1.807, 2.05) is 12.1 Å². The van der Waals surface area contributed by atoms with Gasteiger partial charge in [-0.1, -0.05) is 6.92 Å². The normalized spacial score (nSPS) is 23.7. The summed E-state index contributed by atoms with van der Waals surface area (Å²) in [7, 11) is 0. The molecule has 2 unspecified atom stereocenters. The fraction of sp³-hybridized carbons (Fsp3) is 0.600. The van der Waals surface area contributed by atoms with Crippen LogP contribution in [0, 0.1) is 0 Å². The second-order valence-corrected chi connectivity index (χ2v) is 4.92. The largest absolute Gasteiger partial charge is 0.494 e. The fourth-order valence-corrected chi connectivity index (χ4v) is 2.23. The third-order valence-corrected chi connectivity index (χ3v) is 3.18. The molecule has 0 aliphatic carbocycles. The molecule has 1 aromatic carbocycles. The molecule has 1 aromatic rings. The van der Waals surface area contributed by atoms with E-state index in [0.29, 0.717) is 12.1 Å². The summed E-state index contributed by atoms with van der Waals surface area (Å²) in [6.45, 7) is 5.89. The molecule has 1 fully saturated rings. The van der Waals surface area contributed by atoms with E-state index in [9.17, 15) is 0 Å². The Balaban J connectivity index is 1.85. The van der Waals surface area contributed by atoms with Gasteiger partial charge in [0.05, 0.1) is 12.7 Å². The van der Waals surface area contributed by atoms with Gasteiger partial charge in [0.2, 0.25) is 0 Å². The van der Waals surface area contributed by atoms with Gasteiger partial charge < -0.3 is 14.8 Å². The highest BCUT2D eigenvalue weighted by Crippen LogP contribution is 2.21. The van der Waals surface area contributed by atoms with Gasteiger partial charge in [-0.25, -0.2) is 0 Å². The van der Waals surface area contributed by atoms with Gasteiger partial charge in [-0.2, -0.15) is 0 Å². The Kier molecular flexibility index (Phi) is 4.88. The van der Waals surface area contributed by atoms with Crippen LogP contribution in [0.1, 0.15) is 33.1 Å². The highest BCUT2D eigenvalue weighted by molar-refractivity contribution is 5.47. The molecule has 2 atom stereocenters. The standard InChI is InChI=1S/C15H23NO2/c1-3-9-18-15-6-4-13(5-7-15)16-14-8-10-17-12(2)11-14/h4-7,12,14,16H,3,8-11H2,1-2H3. The Hall–Kier alpha value is -1.22. The summed E-state index contributed by atoms with van der Waals surface area (Å²) in [6.07, 6.45) is 3.57. The van der Waals surface area contributed by atoms with Crippen LogP contribution in [0.3, 0.4) is 0 Å². The topological polar surface area (TPSA) is 30.5 Å². The van der Waals surface area contributed by atoms with E-state index in [1.54, 1.807) is 0 Å². The summed E-state index contributed by atoms with van der Waals surface area (Å²) in [5, 5.41) is 3.56. The molecule has 100 valence electrons. The summed E-state index contributed by atoms with van der Waals surface area (Å²) in [5.74, 6) is 0.947. The average molecular weight is 249 g/mol. The molecule has 3 nitrogen and oxygen atoms in total. The van der Waals surface area contributed by atoms with Gasteiger partial charge in [0.25, 0.3) is 0 Å². The van der Waals surface area contributed by atoms with Gasteiger partial charge in [0, 0.05) is 18.3 Å². The second kappa shape index (κ2) is 6.64. The number of ether oxygens (including phenoxy) is 2. The van der Waals surface area contributed by atoms with E-state index in [4.69, 9.17) is 9.47 Å². The molecule has 1 heterocycles. The molecule has 2 rings (SSSR count). The maximum absolute atomic E-state index is 5.57. The molecule has 0 amide bonds. The minimum absolute atomic E-state index is 0.364. The molecule has 0 saturated carbocycles. The van der Waals surface area contributed by atoms with Crippen molar-refractivity contribution in [3.63, 3.8) is 0 Å². The van der Waals surface area contributed by atoms with Crippen molar-refractivity contribution in [2.24, 2.45) is 0 Å². The SMILES string of the molecule is CCCOc1ccc(NC2CCOC(C)C2)cc1. The summed E-state index contributed by atoms with van der Waals surface area (Å²) in [6, 6.07) is 8.76. The van der Waals surface area contributed by atoms with Crippen molar-refractivity contribution in [3.05, 3.63) is 24.3 Å². The molecular weight excluding hydrogens is 226 g/mol. The summed E-state index contributed by atoms with van der Waals surface area (Å²) in [5.41, 5.74) is 1.16. The van der Waals surface area contributed by atoms with Crippen LogP contribution in [0.5, 0.6) is 5.75 Å². The lowest BCUT2D eigenvalue weighted by atomic mass is 10.0. The van der Waals surface area contributed by atoms with Crippen LogP contribution in [-0.2, 0) is 4.74 Å². The zero-order valence-electron chi connectivity index (χ0n) is 11.3. The quantitative estimate of drug-likeness (QED) is 0.867. The first-order valence-corrected chi connectivity index (χ1v) is 6.89. The zero-order valence-corrected chi connectivity index (χ0v) is 11.3. The lowest BCUT2D eigenvalue weighted by Crippen LogP contribution is -2.32. The maximum atomic E-state index is 5.57. The fourth-order valence-electron chi connectivity index (χ4n) is 2.23. The molecule has 1 saturated heterocycles. The van der Waals surface area contributed by atoms with Crippen LogP contribution in [0.15, 0.2) is 24.3 Å². The van der Waals surface area contributed by atoms with Crippen LogP contribution in [-0.4, -0.2) is 25.4 Å². The van der Waals surface area contributed by atoms with Gasteiger partial charge >= 0.3 is 0 Å². The van der Waals surface area contributed by atoms with Gasteiger partial charge in [-0.05, 0) is 50.5 Å². The van der Waals surface area contributed by atoms with E-state index in [-0.39, 0.29) is 0 Å². The zero-order chi connectivity index (χ0) is 12.8. The van der Waals surface area contributed by atoms with Crippen molar-refractivity contribution in [1.82, 2.24) is 0 Å². The smallest absolute Gasteiger partial charge is 0.119 e. The van der Waals surface area contributed by atoms with Crippen molar-refractivity contribution >= 4 is 5.69 Å². The maximum Gasteiger partial charge on any atom is 0.119 e. The first-order valence-electron chi connectivity index (χ1n) is 6.89. The summed E-state index contributed by atoms with van der Waals surface area (Å²) < 4.78 is 11.1. The van der Waals surface area contributed by atoms with Crippen LogP contribution in [0.25, 0.3) is 0 Å². The van der Waals surface area contributed by atoms with Gasteiger partial charge in [-0.3, -0.25) is 0 Å². The Bertz CT molecular complexity index is 350. The van der Waals surface area contributed by atoms with E-state index in [2.05, 4.69) is 31.3 Å². The summed E-state index contributed by atoms with van der Waals surface area (Å²) in [4.78, 5) is 0. The molecule has 3 heteroatoms. The van der Waals surface area contributed by atoms with E-state index in [1.165, 1.54) is 0 Å². The van der Waals surface area contributed by atoms with Crippen molar-refractivity contribution < 1.29 is 9.47 Å². The van der Waals surface area contributed by atoms with E-state index >= 15 is 0 Å². The monoisotopic (exact) mass is 249 g/mol. The van der Waals surface area contributed by atoms with Crippen LogP contribution in [0.4, 0.5) is 5.69 Å². The lowest BCUT2D eigenvalue weighted by Gasteiger charge is -2.28. The van der Waals surface area contributed by atoms with Crippen molar-refractivity contribution in [3.8, 4) is 5.75 Å². The number of hydrogen-bond donors (Lipinski definition) is 1. The van der Waals surface area contributed by atoms with Crippen LogP contribution < -0.4 is 10.1 Å². The van der Waals surface area contributed by atoms with Crippen molar-refractivity contribution in [2.45, 2.75) is 45.3 Å². The predicted molar refractivity (Wildman–Crippen MR) is 74.3 cm³/mol. The highest BCUT2D eigenvalue weighted by atomic mass is 16.5. The third-order valence-electron chi connectivity index (χ3n) is 3.18. The lowest BCUT2D eigenvalue weighted by molar-refractivity contribution is 0.0232. The Labute approximate surface area is 109 Å². The predicted octanol–water partition coefficient (Wildman–Crippen LogP) is 3.45. The highest BCUT2D eigenvalue weighted by Gasteiger charge is 2.18. The number of benzene rings is 1. The van der Waals surface area contributed by atoms with Crippen molar-refractivity contribution in [1.29, 1.82) is 0 Å². The van der Waals surface area contributed by atoms with Gasteiger partial charge in [0.1, 0.15) is 5.75 Å². The van der Waals surface area contributed by atoms with Crippen molar-refractivity contribution in [2.75, 3.05) is 18.5 Å². The number of nitrogens with one attached hydrogen (secondary N) is 1. The summed E-state index contributed by atoms with van der Waals surface area (Å²) >= 11 is 0. The first kappa shape index (κ1) is 13.2. The van der Waals surface area contributed by atoms with Gasteiger partial charge in [-0.15, -0.1) is 0 Å². The van der Waals surface area contributed by atoms with E-state index in [0.717, 1.165) is 43.9 Å². The van der Waals surface area contributed by atoms with E-state index < -0.39 is 0 Å². The Morgan fingerprint density at radius 1 is 1.33 bits per heavy atom. The number of rotatable bonds is 5. The average Bonchev–Trinajstić information content (AvgIpc) is 2.38. The second-order valence-electron chi connectivity index (χ2n) is 4.92. The minimum Gasteiger partial charge on any atom is -0.494 e. The molecule has 0 bridgehead atoms. The van der Waals surface area contributed by atoms with Crippen LogP contribution >= 0.6 is 0 Å². The molecule has 1 aliphatic rings. The number of anilines is 1. The Morgan fingerprint density at radius 2 is 2.11 bits per heavy atom. The molecule has 1 aliphatic heterocycles. The third kappa shape index (κ3) is 3.91. The molecular formula is C15H23NO2. The number of hydrogen-bond acceptors (Lipinski definition) is 3. The van der Waals surface area contributed by atoms with Crippen LogP contribution in [0.2, 0.25) is 0 Å². The van der Waals surface area contributed by atoms with Gasteiger partial charge in [0.15, 0.2) is 0 Å².